The van der Waals surface area contributed by atoms with Crippen molar-refractivity contribution in [3.63, 3.8) is 0 Å². The van der Waals surface area contributed by atoms with Gasteiger partial charge in [-0.25, -0.2) is 0 Å². The van der Waals surface area contributed by atoms with Gasteiger partial charge in [0.25, 0.3) is 0 Å². The first-order valence-electron chi connectivity index (χ1n) is 6.93. The molecule has 1 nitrogen and oxygen atoms in total. The maximum atomic E-state index is 5.79. The van der Waals surface area contributed by atoms with Crippen LogP contribution in [0, 0.1) is 0 Å². The molecule has 2 aromatic rings. The van der Waals surface area contributed by atoms with Crippen LogP contribution in [0.1, 0.15) is 11.1 Å². The highest BCUT2D eigenvalue weighted by molar-refractivity contribution is 8.12. The van der Waals surface area contributed by atoms with Crippen LogP contribution < -0.4 is 0 Å². The van der Waals surface area contributed by atoms with E-state index in [0.717, 1.165) is 25.2 Å². The van der Waals surface area contributed by atoms with Gasteiger partial charge in [-0.15, -0.1) is 0 Å². The van der Waals surface area contributed by atoms with Crippen molar-refractivity contribution in [2.24, 2.45) is 0 Å². The van der Waals surface area contributed by atoms with Crippen LogP contribution in [0.2, 0.25) is 0 Å². The lowest BCUT2D eigenvalue weighted by molar-refractivity contribution is 0.458. The fraction of sp³-hybridized carbons (Fsp3) is 0.294. The monoisotopic (exact) mass is 304 g/mol. The average Bonchev–Trinajstić information content (AvgIpc) is 2.53. The van der Waals surface area contributed by atoms with Crippen molar-refractivity contribution >= 4 is 18.1 Å². The summed E-state index contributed by atoms with van der Waals surface area (Å²) in [6.07, 6.45) is 2.30. The Morgan fingerprint density at radius 3 is 1.55 bits per heavy atom. The highest BCUT2D eigenvalue weighted by Crippen LogP contribution is 2.47. The molecule has 0 bridgehead atoms. The molecule has 0 amide bonds. The van der Waals surface area contributed by atoms with E-state index in [4.69, 9.17) is 16.3 Å². The van der Waals surface area contributed by atoms with E-state index >= 15 is 0 Å². The van der Waals surface area contributed by atoms with Crippen molar-refractivity contribution in [2.75, 3.05) is 19.4 Å². The van der Waals surface area contributed by atoms with Crippen LogP contribution in [-0.4, -0.2) is 19.4 Å². The second kappa shape index (κ2) is 7.73. The molecule has 106 valence electrons. The molecule has 0 saturated heterocycles. The van der Waals surface area contributed by atoms with E-state index in [9.17, 15) is 0 Å². The molecule has 0 atom stereocenters. The van der Waals surface area contributed by atoms with E-state index in [2.05, 4.69) is 48.5 Å². The first kappa shape index (κ1) is 15.4. The van der Waals surface area contributed by atoms with Crippen molar-refractivity contribution in [3.05, 3.63) is 71.8 Å². The lowest BCUT2D eigenvalue weighted by atomic mass is 10.2. The molecular weight excluding hydrogens is 283 g/mol. The summed E-state index contributed by atoms with van der Waals surface area (Å²) in [5, 5.41) is 0. The number of hydrogen-bond acceptors (Lipinski definition) is 2. The quantitative estimate of drug-likeness (QED) is 0.696. The largest absolute Gasteiger partial charge is 0.354 e. The zero-order valence-corrected chi connectivity index (χ0v) is 13.6. The van der Waals surface area contributed by atoms with Gasteiger partial charge in [-0.3, -0.25) is 0 Å². The molecule has 0 radical (unpaired) electrons. The lowest BCUT2D eigenvalue weighted by Gasteiger charge is -2.20. The summed E-state index contributed by atoms with van der Waals surface area (Å²) in [5.41, 5.74) is 2.69. The number of hydrogen-bond donors (Lipinski definition) is 0. The third-order valence-electron chi connectivity index (χ3n) is 3.50. The highest BCUT2D eigenvalue weighted by Gasteiger charge is 2.16. The predicted octanol–water partition coefficient (Wildman–Crippen LogP) is 4.51. The molecule has 0 aliphatic carbocycles. The van der Waals surface area contributed by atoms with Crippen LogP contribution in [0.3, 0.4) is 0 Å². The molecule has 0 unspecified atom stereocenters. The van der Waals surface area contributed by atoms with Crippen LogP contribution in [0.4, 0.5) is 0 Å². The van der Waals surface area contributed by atoms with E-state index in [1.807, 2.05) is 12.1 Å². The Morgan fingerprint density at radius 2 is 1.20 bits per heavy atom. The molecule has 2 aromatic carbocycles. The molecule has 0 aliphatic rings. The zero-order valence-electron chi connectivity index (χ0n) is 11.9. The fourth-order valence-corrected chi connectivity index (χ4v) is 4.52. The molecule has 2 rings (SSSR count). The second-order valence-electron chi connectivity index (χ2n) is 4.92. The topological polar surface area (TPSA) is 9.23 Å². The summed E-state index contributed by atoms with van der Waals surface area (Å²) in [4.78, 5) is 0. The smallest absolute Gasteiger partial charge is 0.0676 e. The molecule has 0 fully saturated rings. The Bertz CT molecular complexity index is 506. The first-order valence-corrected chi connectivity index (χ1v) is 10.0. The molecule has 0 saturated carbocycles. The van der Waals surface area contributed by atoms with E-state index in [1.165, 1.54) is 11.1 Å². The molecule has 3 heteroatoms. The van der Waals surface area contributed by atoms with Crippen molar-refractivity contribution < 1.29 is 4.52 Å². The van der Waals surface area contributed by atoms with Crippen LogP contribution in [0.15, 0.2) is 60.7 Å². The van der Waals surface area contributed by atoms with Crippen LogP contribution in [0.5, 0.6) is 0 Å². The first-order chi connectivity index (χ1) is 9.72. The van der Waals surface area contributed by atoms with Gasteiger partial charge in [0, 0.05) is 19.4 Å². The van der Waals surface area contributed by atoms with Gasteiger partial charge in [-0.1, -0.05) is 72.5 Å². The maximum Gasteiger partial charge on any atom is 0.0676 e. The summed E-state index contributed by atoms with van der Waals surface area (Å²) in [6, 6.07) is 21.0. The van der Waals surface area contributed by atoms with Crippen LogP contribution in [0.25, 0.3) is 0 Å². The van der Waals surface area contributed by atoms with Gasteiger partial charge >= 0.3 is 0 Å². The third-order valence-corrected chi connectivity index (χ3v) is 7.52. The van der Waals surface area contributed by atoms with Gasteiger partial charge in [0.1, 0.15) is 0 Å². The number of aryl methyl sites for hydroxylation is 2. The molecule has 0 N–H and O–H groups in total. The number of rotatable bonds is 7. The highest BCUT2D eigenvalue weighted by atomic mass is 32.4. The molecule has 20 heavy (non-hydrogen) atoms. The fourth-order valence-electron chi connectivity index (χ4n) is 2.18. The van der Waals surface area contributed by atoms with Gasteiger partial charge < -0.3 is 4.52 Å². The van der Waals surface area contributed by atoms with Crippen molar-refractivity contribution in [1.82, 2.24) is 0 Å². The van der Waals surface area contributed by atoms with Crippen LogP contribution >= 0.6 is 6.26 Å². The Balaban J connectivity index is 1.90. The zero-order chi connectivity index (χ0) is 14.3. The molecule has 0 heterocycles. The van der Waals surface area contributed by atoms with E-state index in [-0.39, 0.29) is 0 Å². The summed E-state index contributed by atoms with van der Waals surface area (Å²) in [6.45, 7) is 0. The normalized spacial score (nSPS) is 11.4. The minimum absolute atomic E-state index is 0.982. The van der Waals surface area contributed by atoms with Crippen molar-refractivity contribution in [1.29, 1.82) is 0 Å². The second-order valence-corrected chi connectivity index (χ2v) is 9.80. The summed E-state index contributed by atoms with van der Waals surface area (Å²) < 4.78 is 5.71. The van der Waals surface area contributed by atoms with Gasteiger partial charge in [0.05, 0.1) is 6.26 Å². The average molecular weight is 304 g/mol. The summed E-state index contributed by atoms with van der Waals surface area (Å²) in [7, 11) is 1.77. The number of benzene rings is 2. The van der Waals surface area contributed by atoms with Gasteiger partial charge in [0.2, 0.25) is 0 Å². The molecule has 0 aliphatic heterocycles. The Labute approximate surface area is 127 Å². The van der Waals surface area contributed by atoms with Gasteiger partial charge in [0.15, 0.2) is 0 Å². The SMILES string of the molecule is COP(=S)(CCc1ccccc1)CCc1ccccc1. The van der Waals surface area contributed by atoms with Gasteiger partial charge in [-0.2, -0.15) is 0 Å². The maximum absolute atomic E-state index is 5.79. The predicted molar refractivity (Wildman–Crippen MR) is 91.3 cm³/mol. The molecule has 0 aromatic heterocycles. The minimum atomic E-state index is -1.70. The van der Waals surface area contributed by atoms with Gasteiger partial charge in [-0.05, 0) is 24.0 Å². The summed E-state index contributed by atoms with van der Waals surface area (Å²) in [5.74, 6) is 0. The third kappa shape index (κ3) is 4.86. The standard InChI is InChI=1S/C17H21OPS/c1-18-19(20,14-12-16-8-4-2-5-9-16)15-13-17-10-6-3-7-11-17/h2-11H,12-15H2,1H3. The van der Waals surface area contributed by atoms with Crippen molar-refractivity contribution in [3.8, 4) is 0 Å². The summed E-state index contributed by atoms with van der Waals surface area (Å²) >= 11 is 5.79. The van der Waals surface area contributed by atoms with E-state index in [0.29, 0.717) is 0 Å². The van der Waals surface area contributed by atoms with E-state index < -0.39 is 6.26 Å². The van der Waals surface area contributed by atoms with Crippen molar-refractivity contribution in [2.45, 2.75) is 12.8 Å². The van der Waals surface area contributed by atoms with Crippen LogP contribution in [-0.2, 0) is 29.2 Å². The molecule has 0 spiro atoms. The minimum Gasteiger partial charge on any atom is -0.354 e. The molecular formula is C17H21OPS. The Hall–Kier alpha value is -0.950. The van der Waals surface area contributed by atoms with E-state index in [1.54, 1.807) is 7.11 Å². The Morgan fingerprint density at radius 1 is 0.800 bits per heavy atom. The lowest BCUT2D eigenvalue weighted by Crippen LogP contribution is -2.03. The Kier molecular flexibility index (Phi) is 5.97.